The Morgan fingerprint density at radius 3 is 2.44 bits per heavy atom. The maximum absolute atomic E-state index is 13.7. The number of H-pyrrole nitrogens is 1. The number of aromatic nitrogens is 2. The molecule has 5 rings (SSSR count). The number of anilines is 1. The molecule has 0 bridgehead atoms. The average molecular weight is 556 g/mol. The zero-order valence-corrected chi connectivity index (χ0v) is 23.2. The van der Waals surface area contributed by atoms with Gasteiger partial charge in [0.25, 0.3) is 5.78 Å². The lowest BCUT2D eigenvalue weighted by Crippen LogP contribution is -2.30. The molecular formula is C31H29N3O7. The lowest BCUT2D eigenvalue weighted by molar-refractivity contribution is -0.132. The van der Waals surface area contributed by atoms with Crippen LogP contribution in [0.3, 0.4) is 0 Å². The van der Waals surface area contributed by atoms with E-state index >= 15 is 0 Å². The highest BCUT2D eigenvalue weighted by Gasteiger charge is 2.48. The molecule has 1 aliphatic heterocycles. The number of nitrogens with zero attached hydrogens (tertiary/aromatic N) is 2. The van der Waals surface area contributed by atoms with E-state index in [4.69, 9.17) is 9.47 Å². The predicted molar refractivity (Wildman–Crippen MR) is 153 cm³/mol. The number of ether oxygens (including phenoxy) is 2. The van der Waals surface area contributed by atoms with Crippen LogP contribution in [0.1, 0.15) is 58.4 Å². The number of Topliss-reactive ketones (excluding diaryl/α,β-unsaturated/α-hetero) is 1. The number of carbonyl (C=O) groups excluding carboxylic acids is 2. The van der Waals surface area contributed by atoms with Crippen LogP contribution in [-0.2, 0) is 9.59 Å². The van der Waals surface area contributed by atoms with Crippen molar-refractivity contribution in [3.63, 3.8) is 0 Å². The number of aromatic carboxylic acids is 1. The minimum absolute atomic E-state index is 0.0332. The van der Waals surface area contributed by atoms with Gasteiger partial charge >= 0.3 is 11.9 Å². The number of fused-ring (bicyclic) bond motifs is 1. The fourth-order valence-electron chi connectivity index (χ4n) is 5.15. The van der Waals surface area contributed by atoms with Gasteiger partial charge in [-0.1, -0.05) is 26.0 Å². The molecule has 0 spiro atoms. The summed E-state index contributed by atoms with van der Waals surface area (Å²) >= 11 is 0. The Balaban J connectivity index is 1.76. The second-order valence-electron chi connectivity index (χ2n) is 10.1. The van der Waals surface area contributed by atoms with Crippen molar-refractivity contribution in [3.05, 3.63) is 88.0 Å². The van der Waals surface area contributed by atoms with Crippen LogP contribution in [0.5, 0.6) is 11.5 Å². The predicted octanol–water partition coefficient (Wildman–Crippen LogP) is 5.34. The van der Waals surface area contributed by atoms with Gasteiger partial charge in [-0.2, -0.15) is 0 Å². The summed E-state index contributed by atoms with van der Waals surface area (Å²) in [5.41, 5.74) is 3.10. The zero-order valence-electron chi connectivity index (χ0n) is 23.2. The third-order valence-electron chi connectivity index (χ3n) is 7.25. The molecule has 10 heteroatoms. The quantitative estimate of drug-likeness (QED) is 0.158. The Labute approximate surface area is 235 Å². The number of methoxy groups -OCH3 is 2. The number of aliphatic hydroxyl groups is 1. The summed E-state index contributed by atoms with van der Waals surface area (Å²) in [5, 5.41) is 21.1. The highest BCUT2D eigenvalue weighted by molar-refractivity contribution is 6.51. The minimum atomic E-state index is -1.12. The zero-order chi connectivity index (χ0) is 29.6. The molecule has 0 saturated carbocycles. The number of benzene rings is 3. The van der Waals surface area contributed by atoms with Crippen molar-refractivity contribution in [2.75, 3.05) is 19.1 Å². The number of ketones is 1. The van der Waals surface area contributed by atoms with Gasteiger partial charge in [0.1, 0.15) is 17.3 Å². The summed E-state index contributed by atoms with van der Waals surface area (Å²) in [6.07, 6.45) is 0. The number of aryl methyl sites for hydroxylation is 1. The van der Waals surface area contributed by atoms with Gasteiger partial charge in [-0.3, -0.25) is 14.5 Å². The first kappa shape index (κ1) is 27.4. The maximum atomic E-state index is 13.7. The van der Waals surface area contributed by atoms with Crippen molar-refractivity contribution in [3.8, 4) is 11.5 Å². The largest absolute Gasteiger partial charge is 0.507 e. The van der Waals surface area contributed by atoms with E-state index < -0.39 is 23.7 Å². The molecule has 1 unspecified atom stereocenters. The van der Waals surface area contributed by atoms with E-state index in [-0.39, 0.29) is 28.8 Å². The monoisotopic (exact) mass is 555 g/mol. The normalized spacial score (nSPS) is 16.5. The van der Waals surface area contributed by atoms with Gasteiger partial charge in [-0.25, -0.2) is 9.78 Å². The summed E-state index contributed by atoms with van der Waals surface area (Å²) in [6, 6.07) is 13.7. The Hall–Kier alpha value is -5.12. The van der Waals surface area contributed by atoms with Gasteiger partial charge in [0.05, 0.1) is 42.4 Å². The summed E-state index contributed by atoms with van der Waals surface area (Å²) < 4.78 is 10.9. The Morgan fingerprint density at radius 1 is 1.02 bits per heavy atom. The van der Waals surface area contributed by atoms with Gasteiger partial charge in [0, 0.05) is 5.56 Å². The van der Waals surface area contributed by atoms with E-state index in [0.717, 1.165) is 5.56 Å². The number of imidazole rings is 1. The van der Waals surface area contributed by atoms with Crippen LogP contribution in [0.2, 0.25) is 0 Å². The van der Waals surface area contributed by atoms with E-state index in [1.54, 1.807) is 50.4 Å². The van der Waals surface area contributed by atoms with Gasteiger partial charge in [-0.15, -0.1) is 0 Å². The molecule has 0 radical (unpaired) electrons. The molecule has 1 atom stereocenters. The minimum Gasteiger partial charge on any atom is -0.507 e. The molecule has 4 aromatic rings. The van der Waals surface area contributed by atoms with Crippen LogP contribution in [0.25, 0.3) is 16.8 Å². The van der Waals surface area contributed by atoms with Crippen molar-refractivity contribution in [1.29, 1.82) is 0 Å². The molecule has 0 aliphatic carbocycles. The Kier molecular flexibility index (Phi) is 7.00. The van der Waals surface area contributed by atoms with Crippen molar-refractivity contribution in [1.82, 2.24) is 9.97 Å². The maximum Gasteiger partial charge on any atom is 0.335 e. The first-order chi connectivity index (χ1) is 19.5. The molecule has 1 aliphatic rings. The lowest BCUT2D eigenvalue weighted by atomic mass is 9.91. The first-order valence-electron chi connectivity index (χ1n) is 12.9. The number of hydrogen-bond donors (Lipinski definition) is 3. The molecule has 10 nitrogen and oxygen atoms in total. The van der Waals surface area contributed by atoms with Crippen LogP contribution >= 0.6 is 0 Å². The van der Waals surface area contributed by atoms with E-state index in [1.165, 1.54) is 30.2 Å². The molecule has 3 aromatic carbocycles. The van der Waals surface area contributed by atoms with Gasteiger partial charge in [0.15, 0.2) is 0 Å². The third kappa shape index (κ3) is 4.67. The first-order valence-corrected chi connectivity index (χ1v) is 12.9. The van der Waals surface area contributed by atoms with Crippen LogP contribution in [0, 0.1) is 6.92 Å². The van der Waals surface area contributed by atoms with Gasteiger partial charge in [0.2, 0.25) is 5.95 Å². The number of carboxylic acid groups (broad SMARTS) is 1. The molecular weight excluding hydrogens is 526 g/mol. The van der Waals surface area contributed by atoms with Crippen molar-refractivity contribution < 1.29 is 34.1 Å². The van der Waals surface area contributed by atoms with Crippen LogP contribution < -0.4 is 14.4 Å². The second kappa shape index (κ2) is 10.5. The SMILES string of the molecule is COc1cccc(C2/C(=C(\O)c3cc(C(C)C)c(OC)cc3C)C(=O)C(=O)N2c2nc3ccc(C(=O)O)cc3[nH]2)c1. The molecule has 1 fully saturated rings. The number of amides is 1. The summed E-state index contributed by atoms with van der Waals surface area (Å²) in [4.78, 5) is 47.5. The summed E-state index contributed by atoms with van der Waals surface area (Å²) in [6.45, 7) is 5.77. The molecule has 3 N–H and O–H groups in total. The second-order valence-corrected chi connectivity index (χ2v) is 10.1. The Morgan fingerprint density at radius 2 is 1.78 bits per heavy atom. The number of carboxylic acids is 1. The van der Waals surface area contributed by atoms with Crippen LogP contribution in [-0.4, -0.2) is 52.1 Å². The fraction of sp³-hybridized carbons (Fsp3) is 0.226. The number of nitrogens with one attached hydrogen (secondary N) is 1. The number of hydrogen-bond acceptors (Lipinski definition) is 7. The van der Waals surface area contributed by atoms with E-state index in [2.05, 4.69) is 9.97 Å². The molecule has 210 valence electrons. The average Bonchev–Trinajstić information content (AvgIpc) is 3.49. The highest BCUT2D eigenvalue weighted by atomic mass is 16.5. The number of carbonyl (C=O) groups is 3. The summed E-state index contributed by atoms with van der Waals surface area (Å²) in [7, 11) is 3.07. The van der Waals surface area contributed by atoms with Gasteiger partial charge in [-0.05, 0) is 72.0 Å². The number of aliphatic hydroxyl groups excluding tert-OH is 1. The van der Waals surface area contributed by atoms with Crippen LogP contribution in [0.4, 0.5) is 5.95 Å². The Bertz CT molecular complexity index is 1750. The standard InChI is InChI=1S/C31H29N3O7/c1-15(2)20-14-21(16(3)11-24(20)41-5)27(35)25-26(17-7-6-8-19(12-17)40-4)34(29(37)28(25)36)31-32-22-10-9-18(30(38)39)13-23(22)33-31/h6-15,26,35H,1-5H3,(H,32,33)(H,38,39)/b27-25+. The molecule has 41 heavy (non-hydrogen) atoms. The van der Waals surface area contributed by atoms with Crippen LogP contribution in [0.15, 0.2) is 60.2 Å². The van der Waals surface area contributed by atoms with E-state index in [9.17, 15) is 24.6 Å². The lowest BCUT2D eigenvalue weighted by Gasteiger charge is -2.24. The molecule has 1 amide bonds. The van der Waals surface area contributed by atoms with Gasteiger partial charge < -0.3 is 24.7 Å². The molecule has 1 saturated heterocycles. The van der Waals surface area contributed by atoms with Crippen molar-refractivity contribution in [2.24, 2.45) is 0 Å². The fourth-order valence-corrected chi connectivity index (χ4v) is 5.15. The van der Waals surface area contributed by atoms with Crippen molar-refractivity contribution >= 4 is 40.4 Å². The smallest absolute Gasteiger partial charge is 0.335 e. The highest BCUT2D eigenvalue weighted by Crippen LogP contribution is 2.43. The number of rotatable bonds is 7. The van der Waals surface area contributed by atoms with E-state index in [0.29, 0.717) is 39.2 Å². The number of aromatic amines is 1. The molecule has 1 aromatic heterocycles. The van der Waals surface area contributed by atoms with E-state index in [1.807, 2.05) is 13.8 Å². The third-order valence-corrected chi connectivity index (χ3v) is 7.25. The summed E-state index contributed by atoms with van der Waals surface area (Å²) in [5.74, 6) is -1.99. The molecule has 2 heterocycles. The topological polar surface area (TPSA) is 142 Å². The van der Waals surface area contributed by atoms with Crippen molar-refractivity contribution in [2.45, 2.75) is 32.7 Å².